The van der Waals surface area contributed by atoms with E-state index in [2.05, 4.69) is 25.6 Å². The van der Waals surface area contributed by atoms with Crippen LogP contribution in [-0.2, 0) is 6.54 Å². The van der Waals surface area contributed by atoms with Crippen LogP contribution in [0.5, 0.6) is 0 Å². The van der Waals surface area contributed by atoms with Crippen molar-refractivity contribution in [2.45, 2.75) is 6.54 Å². The predicted octanol–water partition coefficient (Wildman–Crippen LogP) is 2.73. The highest BCUT2D eigenvalue weighted by atomic mass is 19.1. The van der Waals surface area contributed by atoms with Gasteiger partial charge in [-0.15, -0.1) is 5.10 Å². The van der Waals surface area contributed by atoms with E-state index < -0.39 is 0 Å². The molecule has 4 aromatic rings. The number of nitrogens with zero attached hydrogens (tertiary/aromatic N) is 4. The molecule has 0 bridgehead atoms. The molecule has 134 valence electrons. The molecule has 0 atom stereocenters. The van der Waals surface area contributed by atoms with Gasteiger partial charge in [0.1, 0.15) is 17.2 Å². The Labute approximate surface area is 153 Å². The van der Waals surface area contributed by atoms with Gasteiger partial charge in [0.2, 0.25) is 0 Å². The van der Waals surface area contributed by atoms with Crippen LogP contribution in [0.15, 0.2) is 67.3 Å². The van der Waals surface area contributed by atoms with Gasteiger partial charge in [-0.05, 0) is 41.5 Å². The van der Waals surface area contributed by atoms with Gasteiger partial charge in [-0.1, -0.05) is 17.3 Å². The van der Waals surface area contributed by atoms with Crippen molar-refractivity contribution in [2.75, 3.05) is 0 Å². The number of hydrogen-bond donors (Lipinski definition) is 2. The van der Waals surface area contributed by atoms with Crippen LogP contribution in [0, 0.1) is 5.82 Å². The first-order valence-electron chi connectivity index (χ1n) is 8.23. The van der Waals surface area contributed by atoms with Gasteiger partial charge in [-0.2, -0.15) is 0 Å². The van der Waals surface area contributed by atoms with Gasteiger partial charge >= 0.3 is 0 Å². The van der Waals surface area contributed by atoms with E-state index in [0.717, 1.165) is 16.8 Å². The third-order valence-electron chi connectivity index (χ3n) is 3.99. The fraction of sp³-hybridized carbons (Fsp3) is 0.0526. The van der Waals surface area contributed by atoms with Gasteiger partial charge in [-0.25, -0.2) is 9.07 Å². The minimum atomic E-state index is -0.299. The number of benzene rings is 1. The number of pyridine rings is 1. The molecule has 0 saturated carbocycles. The zero-order valence-corrected chi connectivity index (χ0v) is 14.1. The zero-order chi connectivity index (χ0) is 18.6. The smallest absolute Gasteiger partial charge is 0.268 e. The van der Waals surface area contributed by atoms with E-state index in [1.165, 1.54) is 12.1 Å². The number of amides is 1. The Balaban J connectivity index is 1.40. The predicted molar refractivity (Wildman–Crippen MR) is 96.5 cm³/mol. The van der Waals surface area contributed by atoms with Crippen molar-refractivity contribution in [3.63, 3.8) is 0 Å². The number of hydrogen-bond acceptors (Lipinski definition) is 4. The number of nitrogens with one attached hydrogen (secondary N) is 2. The molecule has 2 N–H and O–H groups in total. The van der Waals surface area contributed by atoms with Crippen LogP contribution >= 0.6 is 0 Å². The quantitative estimate of drug-likeness (QED) is 0.571. The maximum atomic E-state index is 13.0. The summed E-state index contributed by atoms with van der Waals surface area (Å²) in [6, 6.07) is 11.5. The molecule has 0 radical (unpaired) electrons. The van der Waals surface area contributed by atoms with Gasteiger partial charge in [0.05, 0.1) is 24.6 Å². The Morgan fingerprint density at radius 2 is 2.04 bits per heavy atom. The second-order valence-corrected chi connectivity index (χ2v) is 5.86. The summed E-state index contributed by atoms with van der Waals surface area (Å²) in [4.78, 5) is 19.3. The Kier molecular flexibility index (Phi) is 4.44. The minimum Gasteiger partial charge on any atom is -0.357 e. The number of H-pyrrole nitrogens is 1. The van der Waals surface area contributed by atoms with Crippen molar-refractivity contribution >= 4 is 5.91 Å². The first-order chi connectivity index (χ1) is 13.2. The normalized spacial score (nSPS) is 10.7. The molecule has 7 nitrogen and oxygen atoms in total. The lowest BCUT2D eigenvalue weighted by Crippen LogP contribution is -2.23. The molecule has 0 aliphatic carbocycles. The van der Waals surface area contributed by atoms with E-state index in [1.807, 2.05) is 12.1 Å². The van der Waals surface area contributed by atoms with Crippen LogP contribution in [0.1, 0.15) is 16.2 Å². The highest BCUT2D eigenvalue weighted by molar-refractivity contribution is 5.93. The SMILES string of the molecule is O=C(NCc1cn(-c2cccnc2)nn1)c1cc(-c2ccc(F)cc2)c[nH]1. The molecule has 0 aliphatic rings. The molecule has 3 heterocycles. The molecule has 8 heteroatoms. The second-order valence-electron chi connectivity index (χ2n) is 5.86. The summed E-state index contributed by atoms with van der Waals surface area (Å²) in [5, 5.41) is 10.9. The monoisotopic (exact) mass is 362 g/mol. The van der Waals surface area contributed by atoms with Gasteiger partial charge in [0, 0.05) is 12.4 Å². The topological polar surface area (TPSA) is 88.5 Å². The molecule has 27 heavy (non-hydrogen) atoms. The average molecular weight is 362 g/mol. The van der Waals surface area contributed by atoms with Gasteiger partial charge < -0.3 is 10.3 Å². The van der Waals surface area contributed by atoms with Crippen molar-refractivity contribution in [1.29, 1.82) is 0 Å². The molecule has 0 unspecified atom stereocenters. The average Bonchev–Trinajstić information content (AvgIpc) is 3.37. The summed E-state index contributed by atoms with van der Waals surface area (Å²) < 4.78 is 14.6. The van der Waals surface area contributed by atoms with Gasteiger partial charge in [0.15, 0.2) is 0 Å². The highest BCUT2D eigenvalue weighted by Crippen LogP contribution is 2.20. The van der Waals surface area contributed by atoms with Crippen LogP contribution in [-0.4, -0.2) is 30.9 Å². The van der Waals surface area contributed by atoms with Gasteiger partial charge in [0.25, 0.3) is 5.91 Å². The molecular formula is C19H15FN6O. The number of halogens is 1. The fourth-order valence-corrected chi connectivity index (χ4v) is 2.60. The first kappa shape index (κ1) is 16.6. The summed E-state index contributed by atoms with van der Waals surface area (Å²) in [5.74, 6) is -0.564. The second kappa shape index (κ2) is 7.20. The number of aromatic nitrogens is 5. The van der Waals surface area contributed by atoms with E-state index in [4.69, 9.17) is 0 Å². The van der Waals surface area contributed by atoms with Crippen LogP contribution in [0.4, 0.5) is 4.39 Å². The molecule has 0 aliphatic heterocycles. The molecule has 4 rings (SSSR count). The van der Waals surface area contributed by atoms with Crippen LogP contribution < -0.4 is 5.32 Å². The molecule has 1 amide bonds. The summed E-state index contributed by atoms with van der Waals surface area (Å²) in [7, 11) is 0. The lowest BCUT2D eigenvalue weighted by Gasteiger charge is -2.00. The third kappa shape index (κ3) is 3.74. The van der Waals surface area contributed by atoms with Gasteiger partial charge in [-0.3, -0.25) is 9.78 Å². The molecule has 0 spiro atoms. The number of rotatable bonds is 5. The van der Waals surface area contributed by atoms with Crippen molar-refractivity contribution in [1.82, 2.24) is 30.3 Å². The van der Waals surface area contributed by atoms with Crippen LogP contribution in [0.2, 0.25) is 0 Å². The molecule has 3 aromatic heterocycles. The Morgan fingerprint density at radius 3 is 2.81 bits per heavy atom. The maximum absolute atomic E-state index is 13.0. The lowest BCUT2D eigenvalue weighted by atomic mass is 10.1. The number of carbonyl (C=O) groups is 1. The summed E-state index contributed by atoms with van der Waals surface area (Å²) in [6.45, 7) is 0.240. The van der Waals surface area contributed by atoms with Crippen LogP contribution in [0.3, 0.4) is 0 Å². The number of carbonyl (C=O) groups excluding carboxylic acids is 1. The minimum absolute atomic E-state index is 0.240. The third-order valence-corrected chi connectivity index (χ3v) is 3.99. The fourth-order valence-electron chi connectivity index (χ4n) is 2.60. The van der Waals surface area contributed by atoms with E-state index in [1.54, 1.807) is 47.7 Å². The van der Waals surface area contributed by atoms with E-state index in [0.29, 0.717) is 11.4 Å². The van der Waals surface area contributed by atoms with Crippen LogP contribution in [0.25, 0.3) is 16.8 Å². The molecule has 1 aromatic carbocycles. The Morgan fingerprint density at radius 1 is 1.19 bits per heavy atom. The standard InChI is InChI=1S/C19H15FN6O/c20-15-5-3-13(4-6-15)14-8-18(22-9-14)19(27)23-10-16-12-26(25-24-16)17-2-1-7-21-11-17/h1-9,11-12,22H,10H2,(H,23,27). The van der Waals surface area contributed by atoms with Crippen molar-refractivity contribution in [2.24, 2.45) is 0 Å². The largest absolute Gasteiger partial charge is 0.357 e. The number of aromatic amines is 1. The Hall–Kier alpha value is -3.81. The molecular weight excluding hydrogens is 347 g/mol. The van der Waals surface area contributed by atoms with E-state index in [-0.39, 0.29) is 18.3 Å². The molecule has 0 fully saturated rings. The maximum Gasteiger partial charge on any atom is 0.268 e. The lowest BCUT2D eigenvalue weighted by molar-refractivity contribution is 0.0946. The van der Waals surface area contributed by atoms with Crippen molar-refractivity contribution in [3.05, 3.63) is 84.5 Å². The summed E-state index contributed by atoms with van der Waals surface area (Å²) >= 11 is 0. The first-order valence-corrected chi connectivity index (χ1v) is 8.23. The van der Waals surface area contributed by atoms with E-state index in [9.17, 15) is 9.18 Å². The summed E-state index contributed by atoms with van der Waals surface area (Å²) in [5.41, 5.74) is 3.45. The molecule has 0 saturated heterocycles. The van der Waals surface area contributed by atoms with E-state index >= 15 is 0 Å². The zero-order valence-electron chi connectivity index (χ0n) is 14.1. The van der Waals surface area contributed by atoms with Crippen molar-refractivity contribution in [3.8, 4) is 16.8 Å². The highest BCUT2D eigenvalue weighted by Gasteiger charge is 2.11. The van der Waals surface area contributed by atoms with Crippen molar-refractivity contribution < 1.29 is 9.18 Å². The Bertz CT molecular complexity index is 1060. The summed E-state index contributed by atoms with van der Waals surface area (Å²) in [6.07, 6.45) is 6.79.